The Morgan fingerprint density at radius 2 is 1.82 bits per heavy atom. The molecule has 0 aromatic carbocycles. The summed E-state index contributed by atoms with van der Waals surface area (Å²) in [5.41, 5.74) is 5.37. The lowest BCUT2D eigenvalue weighted by Gasteiger charge is -2.38. The van der Waals surface area contributed by atoms with E-state index in [1.54, 1.807) is 0 Å². The van der Waals surface area contributed by atoms with Crippen molar-refractivity contribution in [2.75, 3.05) is 0 Å². The summed E-state index contributed by atoms with van der Waals surface area (Å²) in [7, 11) is 0. The van der Waals surface area contributed by atoms with Crippen LogP contribution in [0.3, 0.4) is 0 Å². The molecule has 0 heterocycles. The lowest BCUT2D eigenvalue weighted by Crippen LogP contribution is -2.61. The Labute approximate surface area is 108 Å². The molecule has 2 fully saturated rings. The van der Waals surface area contributed by atoms with Crippen molar-refractivity contribution in [3.63, 3.8) is 0 Å². The van der Waals surface area contributed by atoms with E-state index in [9.17, 15) is 4.79 Å². The Morgan fingerprint density at radius 3 is 2.29 bits per heavy atom. The Hall–Kier alpha value is -0.840. The van der Waals surface area contributed by atoms with Crippen molar-refractivity contribution < 1.29 is 4.79 Å². The van der Waals surface area contributed by atoms with Gasteiger partial charge in [-0.15, -0.1) is 0 Å². The van der Waals surface area contributed by atoms with E-state index >= 15 is 0 Å². The number of carbonyl (C=O) groups is 1. The highest BCUT2D eigenvalue weighted by Crippen LogP contribution is 2.28. The highest BCUT2D eigenvalue weighted by atomic mass is 32.1. The molecule has 0 spiro atoms. The summed E-state index contributed by atoms with van der Waals surface area (Å²) in [6, 6.07) is 0.242. The molecule has 0 radical (unpaired) electrons. The van der Waals surface area contributed by atoms with Crippen molar-refractivity contribution >= 4 is 23.2 Å². The quantitative estimate of drug-likeness (QED) is 0.674. The van der Waals surface area contributed by atoms with Crippen LogP contribution in [0.1, 0.15) is 51.4 Å². The van der Waals surface area contributed by atoms with Crippen molar-refractivity contribution in [3.05, 3.63) is 0 Å². The van der Waals surface area contributed by atoms with Crippen LogP contribution in [0.2, 0.25) is 0 Å². The van der Waals surface area contributed by atoms with E-state index in [1.165, 1.54) is 12.8 Å². The van der Waals surface area contributed by atoms with E-state index in [-0.39, 0.29) is 6.03 Å². The molecule has 0 saturated heterocycles. The third kappa shape index (κ3) is 2.89. The first-order chi connectivity index (χ1) is 8.12. The predicted molar refractivity (Wildman–Crippen MR) is 71.9 cm³/mol. The third-order valence-electron chi connectivity index (χ3n) is 3.97. The minimum absolute atomic E-state index is 0.107. The summed E-state index contributed by atoms with van der Waals surface area (Å²) >= 11 is 5.14. The molecule has 4 N–H and O–H groups in total. The lowest BCUT2D eigenvalue weighted by molar-refractivity contribution is 0.213. The van der Waals surface area contributed by atoms with Crippen LogP contribution in [0.25, 0.3) is 0 Å². The van der Waals surface area contributed by atoms with Crippen LogP contribution >= 0.6 is 12.2 Å². The molecule has 2 rings (SSSR count). The number of carbonyl (C=O) groups excluding carboxylic acids is 1. The first-order valence-corrected chi connectivity index (χ1v) is 6.92. The van der Waals surface area contributed by atoms with Gasteiger partial charge in [0.15, 0.2) is 0 Å². The molecule has 2 amide bonds. The lowest BCUT2D eigenvalue weighted by atomic mass is 9.81. The van der Waals surface area contributed by atoms with E-state index in [4.69, 9.17) is 18.0 Å². The van der Waals surface area contributed by atoms with Gasteiger partial charge in [-0.2, -0.15) is 0 Å². The number of nitrogens with two attached hydrogens (primary N) is 1. The highest BCUT2D eigenvalue weighted by molar-refractivity contribution is 7.80. The molecule has 5 heteroatoms. The number of urea groups is 1. The minimum Gasteiger partial charge on any atom is -0.391 e. The molecule has 4 nitrogen and oxygen atoms in total. The molecular weight excluding hydrogens is 234 g/mol. The van der Waals surface area contributed by atoms with Gasteiger partial charge in [-0.05, 0) is 32.1 Å². The predicted octanol–water partition coefficient (Wildman–Crippen LogP) is 1.83. The third-order valence-corrected chi connectivity index (χ3v) is 4.36. The first kappa shape index (κ1) is 12.6. The van der Waals surface area contributed by atoms with Gasteiger partial charge < -0.3 is 16.4 Å². The second kappa shape index (κ2) is 5.21. The van der Waals surface area contributed by atoms with Crippen LogP contribution in [-0.4, -0.2) is 22.6 Å². The maximum absolute atomic E-state index is 11.9. The van der Waals surface area contributed by atoms with Crippen molar-refractivity contribution in [2.24, 2.45) is 5.73 Å². The minimum atomic E-state index is -0.443. The van der Waals surface area contributed by atoms with Gasteiger partial charge in [0.2, 0.25) is 0 Å². The SMILES string of the molecule is NC(=S)C1(NC(=O)NC2CCC2)CCCCC1. The van der Waals surface area contributed by atoms with Gasteiger partial charge in [0.25, 0.3) is 0 Å². The normalized spacial score (nSPS) is 23.5. The summed E-state index contributed by atoms with van der Waals surface area (Å²) in [5.74, 6) is 0. The average Bonchev–Trinajstić information content (AvgIpc) is 2.25. The number of nitrogens with one attached hydrogen (secondary N) is 2. The molecule has 0 aliphatic heterocycles. The Morgan fingerprint density at radius 1 is 1.18 bits per heavy atom. The van der Waals surface area contributed by atoms with Crippen molar-refractivity contribution in [1.29, 1.82) is 0 Å². The molecule has 17 heavy (non-hydrogen) atoms. The van der Waals surface area contributed by atoms with E-state index in [0.717, 1.165) is 38.5 Å². The zero-order valence-corrected chi connectivity index (χ0v) is 10.9. The van der Waals surface area contributed by atoms with Crippen LogP contribution in [0.5, 0.6) is 0 Å². The number of hydrogen-bond donors (Lipinski definition) is 3. The topological polar surface area (TPSA) is 67.1 Å². The molecule has 0 aromatic rings. The largest absolute Gasteiger partial charge is 0.391 e. The molecule has 96 valence electrons. The zero-order chi connectivity index (χ0) is 12.3. The summed E-state index contributed by atoms with van der Waals surface area (Å²) in [6.07, 6.45) is 8.52. The Balaban J connectivity index is 1.91. The Bertz CT molecular complexity index is 309. The second-order valence-corrected chi connectivity index (χ2v) is 5.67. The number of amides is 2. The van der Waals surface area contributed by atoms with Gasteiger partial charge in [-0.25, -0.2) is 4.79 Å². The van der Waals surface area contributed by atoms with Crippen molar-refractivity contribution in [3.8, 4) is 0 Å². The molecule has 2 saturated carbocycles. The van der Waals surface area contributed by atoms with Crippen LogP contribution in [0.4, 0.5) is 4.79 Å². The number of hydrogen-bond acceptors (Lipinski definition) is 2. The fourth-order valence-electron chi connectivity index (χ4n) is 2.58. The van der Waals surface area contributed by atoms with Gasteiger partial charge in [0, 0.05) is 6.04 Å². The van der Waals surface area contributed by atoms with E-state index < -0.39 is 5.54 Å². The van der Waals surface area contributed by atoms with Gasteiger partial charge in [0.1, 0.15) is 0 Å². The standard InChI is InChI=1S/C12H21N3OS/c13-10(17)12(7-2-1-3-8-12)15-11(16)14-9-5-4-6-9/h9H,1-8H2,(H2,13,17)(H2,14,15,16). The van der Waals surface area contributed by atoms with Crippen LogP contribution in [0, 0.1) is 0 Å². The van der Waals surface area contributed by atoms with Gasteiger partial charge >= 0.3 is 6.03 Å². The first-order valence-electron chi connectivity index (χ1n) is 6.51. The van der Waals surface area contributed by atoms with E-state index in [2.05, 4.69) is 10.6 Å². The fourth-order valence-corrected chi connectivity index (χ4v) is 2.83. The molecule has 2 aliphatic carbocycles. The monoisotopic (exact) mass is 255 g/mol. The maximum atomic E-state index is 11.9. The van der Waals surface area contributed by atoms with E-state index in [0.29, 0.717) is 11.0 Å². The molecule has 0 atom stereocenters. The summed E-state index contributed by atoms with van der Waals surface area (Å²) in [4.78, 5) is 12.3. The van der Waals surface area contributed by atoms with Crippen LogP contribution in [-0.2, 0) is 0 Å². The van der Waals surface area contributed by atoms with Gasteiger partial charge in [0.05, 0.1) is 10.5 Å². The smallest absolute Gasteiger partial charge is 0.315 e. The maximum Gasteiger partial charge on any atom is 0.315 e. The fraction of sp³-hybridized carbons (Fsp3) is 0.833. The number of thiocarbonyl (C=S) groups is 1. The van der Waals surface area contributed by atoms with Crippen LogP contribution in [0.15, 0.2) is 0 Å². The van der Waals surface area contributed by atoms with Crippen LogP contribution < -0.4 is 16.4 Å². The molecule has 0 bridgehead atoms. The average molecular weight is 255 g/mol. The Kier molecular flexibility index (Phi) is 3.86. The van der Waals surface area contributed by atoms with Crippen molar-refractivity contribution in [1.82, 2.24) is 10.6 Å². The zero-order valence-electron chi connectivity index (χ0n) is 10.1. The molecule has 0 unspecified atom stereocenters. The summed E-state index contributed by atoms with van der Waals surface area (Å²) < 4.78 is 0. The molecule has 0 aromatic heterocycles. The van der Waals surface area contributed by atoms with E-state index in [1.807, 2.05) is 0 Å². The summed E-state index contributed by atoms with van der Waals surface area (Å²) in [6.45, 7) is 0. The van der Waals surface area contributed by atoms with Gasteiger partial charge in [-0.1, -0.05) is 31.5 Å². The second-order valence-electron chi connectivity index (χ2n) is 5.23. The molecular formula is C12H21N3OS. The van der Waals surface area contributed by atoms with Gasteiger partial charge in [-0.3, -0.25) is 0 Å². The summed E-state index contributed by atoms with van der Waals surface area (Å²) in [5, 5.41) is 5.99. The highest BCUT2D eigenvalue weighted by Gasteiger charge is 2.37. The molecule has 2 aliphatic rings. The number of rotatable bonds is 3. The van der Waals surface area contributed by atoms with Crippen molar-refractivity contribution in [2.45, 2.75) is 62.9 Å².